The topological polar surface area (TPSA) is 77.3 Å². The van der Waals surface area contributed by atoms with Crippen LogP contribution in [0.3, 0.4) is 0 Å². The Kier molecular flexibility index (Phi) is 14.3. The van der Waals surface area contributed by atoms with Gasteiger partial charge >= 0.3 is 0 Å². The lowest BCUT2D eigenvalue weighted by Crippen LogP contribution is -2.07. The number of rotatable bonds is 12. The molecule has 6 nitrogen and oxygen atoms in total. The zero-order valence-electron chi connectivity index (χ0n) is 36.7. The molecule has 4 aliphatic rings. The summed E-state index contributed by atoms with van der Waals surface area (Å²) in [4.78, 5) is 29.5. The van der Waals surface area contributed by atoms with Crippen LogP contribution in [0.15, 0.2) is 73.8 Å². The normalized spacial score (nSPS) is 19.1. The fourth-order valence-electron chi connectivity index (χ4n) is 11.0. The second kappa shape index (κ2) is 21.1. The molecule has 0 N–H and O–H groups in total. The third-order valence-electron chi connectivity index (χ3n) is 14.4. The lowest BCUT2D eigenvalue weighted by molar-refractivity contribution is 0.443. The Morgan fingerprint density at radius 1 is 0.290 bits per heavy atom. The van der Waals surface area contributed by atoms with Crippen LogP contribution >= 0.6 is 0 Å². The Morgan fingerprint density at radius 2 is 0.516 bits per heavy atom. The van der Waals surface area contributed by atoms with Crippen molar-refractivity contribution in [3.05, 3.63) is 141 Å². The first-order chi connectivity index (χ1) is 30.8. The third kappa shape index (κ3) is 10.5. The van der Waals surface area contributed by atoms with E-state index in [-0.39, 0.29) is 0 Å². The molecular formula is C56H64N6. The van der Waals surface area contributed by atoms with Crippen molar-refractivity contribution in [1.82, 2.24) is 29.9 Å². The summed E-state index contributed by atoms with van der Waals surface area (Å²) >= 11 is 0. The molecule has 0 atom stereocenters. The fourth-order valence-corrected chi connectivity index (χ4v) is 11.0. The first-order valence-corrected chi connectivity index (χ1v) is 24.2. The molecule has 9 rings (SSSR count). The van der Waals surface area contributed by atoms with Crippen molar-refractivity contribution in [2.75, 3.05) is 0 Å². The molecule has 5 aromatic heterocycles. The molecule has 6 heteroatoms. The van der Waals surface area contributed by atoms with Gasteiger partial charge in [0.2, 0.25) is 0 Å². The maximum absolute atomic E-state index is 5.53. The zero-order chi connectivity index (χ0) is 41.8. The number of hydrogen-bond donors (Lipinski definition) is 0. The molecule has 0 spiro atoms. The van der Waals surface area contributed by atoms with Gasteiger partial charge in [0.15, 0.2) is 0 Å². The van der Waals surface area contributed by atoms with Crippen molar-refractivity contribution < 1.29 is 0 Å². The van der Waals surface area contributed by atoms with Gasteiger partial charge in [0.05, 0.1) is 22.8 Å². The fraction of sp³-hybridized carbons (Fsp3) is 0.429. The number of aromatic nitrogens is 6. The van der Waals surface area contributed by atoms with Gasteiger partial charge in [0.25, 0.3) is 0 Å². The van der Waals surface area contributed by atoms with Crippen LogP contribution in [0.1, 0.15) is 219 Å². The summed E-state index contributed by atoms with van der Waals surface area (Å²) in [5.41, 5.74) is 13.6. The molecule has 4 aliphatic carbocycles. The van der Waals surface area contributed by atoms with E-state index in [0.717, 1.165) is 22.8 Å². The largest absolute Gasteiger partial charge is 0.264 e. The van der Waals surface area contributed by atoms with Gasteiger partial charge in [-0.25, -0.2) is 9.97 Å². The van der Waals surface area contributed by atoms with Gasteiger partial charge < -0.3 is 0 Å². The SMILES string of the molecule is C(=Cc1nc(C=Cc2cnccc2C2CCCCC2)c(C=Cc2cnccc2C2CCCCC2)nc1C=Cc1cnccc1C1CCCCC1)c1cnccc1C1CCCCC1. The number of hydrogen-bond acceptors (Lipinski definition) is 6. The molecule has 0 saturated heterocycles. The van der Waals surface area contributed by atoms with Gasteiger partial charge in [-0.15, -0.1) is 0 Å². The molecule has 4 saturated carbocycles. The Labute approximate surface area is 370 Å². The van der Waals surface area contributed by atoms with E-state index in [2.05, 4.69) is 92.8 Å². The van der Waals surface area contributed by atoms with Crippen molar-refractivity contribution in [2.24, 2.45) is 0 Å². The second-order valence-electron chi connectivity index (χ2n) is 18.5. The molecule has 318 valence electrons. The van der Waals surface area contributed by atoms with E-state index < -0.39 is 0 Å². The highest BCUT2D eigenvalue weighted by molar-refractivity contribution is 5.82. The summed E-state index contributed by atoms with van der Waals surface area (Å²) in [6.45, 7) is 0. The number of pyridine rings is 4. The van der Waals surface area contributed by atoms with Crippen molar-refractivity contribution >= 4 is 48.6 Å². The average molecular weight is 821 g/mol. The van der Waals surface area contributed by atoms with Crippen LogP contribution in [0.2, 0.25) is 0 Å². The lowest BCUT2D eigenvalue weighted by Gasteiger charge is -2.23. The van der Waals surface area contributed by atoms with E-state index in [1.165, 1.54) is 173 Å². The van der Waals surface area contributed by atoms with E-state index in [1.807, 2.05) is 49.6 Å². The van der Waals surface area contributed by atoms with Crippen molar-refractivity contribution in [2.45, 2.75) is 152 Å². The second-order valence-corrected chi connectivity index (χ2v) is 18.5. The van der Waals surface area contributed by atoms with Crippen LogP contribution in [0.4, 0.5) is 0 Å². The van der Waals surface area contributed by atoms with Crippen LogP contribution in [-0.4, -0.2) is 29.9 Å². The van der Waals surface area contributed by atoms with Gasteiger partial charge in [0.1, 0.15) is 0 Å². The van der Waals surface area contributed by atoms with E-state index in [0.29, 0.717) is 23.7 Å². The molecule has 0 bridgehead atoms. The Hall–Kier alpha value is -5.36. The van der Waals surface area contributed by atoms with Gasteiger partial charge in [-0.1, -0.05) is 101 Å². The van der Waals surface area contributed by atoms with E-state index in [1.54, 1.807) is 0 Å². The maximum Gasteiger partial charge on any atom is 0.0894 e. The van der Waals surface area contributed by atoms with Crippen LogP contribution in [0, 0.1) is 0 Å². The molecule has 0 aliphatic heterocycles. The first kappa shape index (κ1) is 42.0. The van der Waals surface area contributed by atoms with Crippen LogP contribution in [0.5, 0.6) is 0 Å². The highest BCUT2D eigenvalue weighted by Crippen LogP contribution is 2.38. The van der Waals surface area contributed by atoms with Gasteiger partial charge in [0, 0.05) is 49.6 Å². The molecule has 4 fully saturated rings. The monoisotopic (exact) mass is 821 g/mol. The minimum atomic E-state index is 0.565. The minimum absolute atomic E-state index is 0.565. The summed E-state index contributed by atoms with van der Waals surface area (Å²) in [6.07, 6.45) is 59.1. The van der Waals surface area contributed by atoms with Gasteiger partial charge in [-0.2, -0.15) is 0 Å². The van der Waals surface area contributed by atoms with E-state index in [9.17, 15) is 0 Å². The van der Waals surface area contributed by atoms with Gasteiger partial charge in [-0.3, -0.25) is 19.9 Å². The van der Waals surface area contributed by atoms with Crippen molar-refractivity contribution in [1.29, 1.82) is 0 Å². The highest BCUT2D eigenvalue weighted by Gasteiger charge is 2.22. The molecule has 0 radical (unpaired) electrons. The maximum atomic E-state index is 5.53. The standard InChI is InChI=1S/C56H64N6/c1-5-13-41(14-6-1)49-29-33-57-37-45(49)21-25-53-54(26-22-46-38-58-34-30-50(46)42-15-7-2-8-16-42)62-56(28-24-48-40-60-36-32-52(48)44-19-11-4-12-20-44)55(61-53)27-23-47-39-59-35-31-51(47)43-17-9-3-10-18-43/h21-44H,1-20H2. The summed E-state index contributed by atoms with van der Waals surface area (Å²) in [7, 11) is 0. The molecule has 0 amide bonds. The number of nitrogens with zero attached hydrogens (tertiary/aromatic N) is 6. The van der Waals surface area contributed by atoms with Gasteiger partial charge in [-0.05, 0) is 168 Å². The van der Waals surface area contributed by atoms with Crippen LogP contribution in [-0.2, 0) is 0 Å². The van der Waals surface area contributed by atoms with E-state index >= 15 is 0 Å². The predicted octanol–water partition coefficient (Wildman–Crippen LogP) is 14.9. The molecule has 5 aromatic rings. The minimum Gasteiger partial charge on any atom is -0.264 e. The molecule has 62 heavy (non-hydrogen) atoms. The summed E-state index contributed by atoms with van der Waals surface area (Å²) in [5, 5.41) is 0. The van der Waals surface area contributed by atoms with Crippen molar-refractivity contribution in [3.8, 4) is 0 Å². The predicted molar refractivity (Wildman–Crippen MR) is 258 cm³/mol. The van der Waals surface area contributed by atoms with Crippen LogP contribution in [0.25, 0.3) is 48.6 Å². The van der Waals surface area contributed by atoms with Crippen LogP contribution < -0.4 is 0 Å². The summed E-state index contributed by atoms with van der Waals surface area (Å²) in [5.74, 6) is 2.26. The average Bonchev–Trinajstić information content (AvgIpc) is 3.35. The Morgan fingerprint density at radius 3 is 0.742 bits per heavy atom. The molecule has 0 unspecified atom stereocenters. The summed E-state index contributed by atoms with van der Waals surface area (Å²) in [6, 6.07) is 8.93. The van der Waals surface area contributed by atoms with Crippen molar-refractivity contribution in [3.63, 3.8) is 0 Å². The molecule has 0 aromatic carbocycles. The molecule has 5 heterocycles. The first-order valence-electron chi connectivity index (χ1n) is 24.2. The van der Waals surface area contributed by atoms with E-state index in [4.69, 9.17) is 9.97 Å². The quantitative estimate of drug-likeness (QED) is 0.125. The Balaban J connectivity index is 1.16. The lowest BCUT2D eigenvalue weighted by atomic mass is 9.82. The molecular weight excluding hydrogens is 757 g/mol. The zero-order valence-corrected chi connectivity index (χ0v) is 36.7. The summed E-state index contributed by atoms with van der Waals surface area (Å²) < 4.78 is 0. The highest BCUT2D eigenvalue weighted by atomic mass is 14.8. The smallest absolute Gasteiger partial charge is 0.0894 e. The third-order valence-corrected chi connectivity index (χ3v) is 14.4. The Bertz CT molecular complexity index is 2040.